The molecule has 0 aliphatic carbocycles. The summed E-state index contributed by atoms with van der Waals surface area (Å²) in [4.78, 5) is 12.0. The van der Waals surface area contributed by atoms with E-state index in [4.69, 9.17) is 9.16 Å². The first-order chi connectivity index (χ1) is 13.2. The molecule has 1 N–H and O–H groups in total. The van der Waals surface area contributed by atoms with Gasteiger partial charge in [-0.15, -0.1) is 0 Å². The molecule has 0 fully saturated rings. The molecule has 0 amide bonds. The average molecular weight is 407 g/mol. The zero-order chi connectivity index (χ0) is 21.4. The summed E-state index contributed by atoms with van der Waals surface area (Å²) >= 11 is 0. The molecule has 0 unspecified atom stereocenters. The predicted octanol–water partition coefficient (Wildman–Crippen LogP) is 6.55. The van der Waals surface area contributed by atoms with E-state index < -0.39 is 19.9 Å². The molecule has 1 aromatic carbocycles. The molecule has 5 heteroatoms. The minimum atomic E-state index is -1.91. The largest absolute Gasteiger partial charge is 0.508 e. The molecule has 4 nitrogen and oxygen atoms in total. The highest BCUT2D eigenvalue weighted by atomic mass is 28.4. The predicted molar refractivity (Wildman–Crippen MR) is 118 cm³/mol. The monoisotopic (exact) mass is 406 g/mol. The summed E-state index contributed by atoms with van der Waals surface area (Å²) in [6.45, 7) is 15.0. The summed E-state index contributed by atoms with van der Waals surface area (Å²) in [5.41, 5.74) is 1.78. The molecule has 1 aromatic rings. The molecule has 0 aliphatic rings. The second kappa shape index (κ2) is 10.8. The Hall–Kier alpha value is -1.59. The number of benzene rings is 1. The van der Waals surface area contributed by atoms with Crippen molar-refractivity contribution < 1.29 is 19.1 Å². The van der Waals surface area contributed by atoms with Crippen molar-refractivity contribution in [2.45, 2.75) is 85.0 Å². The van der Waals surface area contributed by atoms with Gasteiger partial charge in [0.15, 0.2) is 8.32 Å². The maximum atomic E-state index is 12.0. The number of phenolic OH excluding ortho intramolecular Hbond substituents is 1. The van der Waals surface area contributed by atoms with Gasteiger partial charge in [0.1, 0.15) is 5.75 Å². The molecular formula is C23H38O4Si. The molecule has 0 bridgehead atoms. The number of ether oxygens (including phenoxy) is 1. The number of aromatic hydroxyl groups is 1. The van der Waals surface area contributed by atoms with Crippen molar-refractivity contribution in [1.82, 2.24) is 0 Å². The molecule has 28 heavy (non-hydrogen) atoms. The van der Waals surface area contributed by atoms with Crippen LogP contribution in [0.5, 0.6) is 5.75 Å². The van der Waals surface area contributed by atoms with Gasteiger partial charge in [-0.25, -0.2) is 4.79 Å². The van der Waals surface area contributed by atoms with Gasteiger partial charge < -0.3 is 14.3 Å². The van der Waals surface area contributed by atoms with Gasteiger partial charge in [0.2, 0.25) is 0 Å². The van der Waals surface area contributed by atoms with Crippen molar-refractivity contribution >= 4 is 14.3 Å². The Bertz CT molecular complexity index is 667. The molecule has 1 atom stereocenters. The lowest BCUT2D eigenvalue weighted by Gasteiger charge is -2.41. The van der Waals surface area contributed by atoms with Gasteiger partial charge in [0.25, 0.3) is 0 Å². The minimum absolute atomic E-state index is 0.0939. The highest BCUT2D eigenvalue weighted by Crippen LogP contribution is 2.41. The maximum absolute atomic E-state index is 12.0. The summed E-state index contributed by atoms with van der Waals surface area (Å²) < 4.78 is 12.0. The zero-order valence-electron chi connectivity index (χ0n) is 18.7. The van der Waals surface area contributed by atoms with Crippen LogP contribution >= 0.6 is 0 Å². The summed E-state index contributed by atoms with van der Waals surface area (Å²) in [5.74, 6) is -0.327. The normalized spacial score (nSPS) is 13.7. The molecule has 0 heterocycles. The van der Waals surface area contributed by atoms with Gasteiger partial charge in [-0.05, 0) is 70.8 Å². The lowest BCUT2D eigenvalue weighted by Crippen LogP contribution is -2.44. The van der Waals surface area contributed by atoms with Gasteiger partial charge in [0, 0.05) is 5.56 Å². The molecule has 158 valence electrons. The van der Waals surface area contributed by atoms with E-state index in [1.54, 1.807) is 13.0 Å². The van der Waals surface area contributed by atoms with Crippen molar-refractivity contribution in [2.75, 3.05) is 6.61 Å². The van der Waals surface area contributed by atoms with Crippen molar-refractivity contribution in [3.63, 3.8) is 0 Å². The lowest BCUT2D eigenvalue weighted by molar-refractivity contribution is 0.0520. The number of phenols is 1. The van der Waals surface area contributed by atoms with Crippen LogP contribution in [0.25, 0.3) is 0 Å². The van der Waals surface area contributed by atoms with E-state index in [0.29, 0.717) is 12.2 Å². The molecule has 0 radical (unpaired) electrons. The zero-order valence-corrected chi connectivity index (χ0v) is 19.7. The van der Waals surface area contributed by atoms with Gasteiger partial charge >= 0.3 is 5.97 Å². The smallest absolute Gasteiger partial charge is 0.338 e. The Balaban J connectivity index is 3.34. The standard InChI is InChI=1S/C23H38O4Si/c1-8-26-22(25)19-14-15-20(21(24)17-19)23(7,16-12-13-18(5)6)27-28(9-2,10-3)11-4/h13-15,17,24H,8-12,16H2,1-7H3/t23-/m0/s1. The van der Waals surface area contributed by atoms with Crippen LogP contribution < -0.4 is 0 Å². The van der Waals surface area contributed by atoms with Gasteiger partial charge in [-0.2, -0.15) is 0 Å². The Labute approximate surface area is 172 Å². The van der Waals surface area contributed by atoms with Crippen LogP contribution in [0.15, 0.2) is 29.8 Å². The average Bonchev–Trinajstić information content (AvgIpc) is 2.66. The molecule has 0 aromatic heterocycles. The quantitative estimate of drug-likeness (QED) is 0.257. The molecule has 0 saturated heterocycles. The first kappa shape index (κ1) is 24.4. The van der Waals surface area contributed by atoms with E-state index >= 15 is 0 Å². The Kier molecular flexibility index (Phi) is 9.44. The van der Waals surface area contributed by atoms with Gasteiger partial charge in [-0.1, -0.05) is 38.5 Å². The number of hydrogen-bond acceptors (Lipinski definition) is 4. The molecular weight excluding hydrogens is 368 g/mol. The van der Waals surface area contributed by atoms with Crippen molar-refractivity contribution in [2.24, 2.45) is 0 Å². The number of carbonyl (C=O) groups excluding carboxylic acids is 1. The highest BCUT2D eigenvalue weighted by Gasteiger charge is 2.40. The fraction of sp³-hybridized carbons (Fsp3) is 0.609. The summed E-state index contributed by atoms with van der Waals surface area (Å²) in [5, 5.41) is 10.8. The van der Waals surface area contributed by atoms with Crippen LogP contribution in [0.3, 0.4) is 0 Å². The maximum Gasteiger partial charge on any atom is 0.338 e. The third-order valence-corrected chi connectivity index (χ3v) is 10.4. The number of rotatable bonds is 11. The number of carbonyl (C=O) groups is 1. The van der Waals surface area contributed by atoms with Gasteiger partial charge in [-0.3, -0.25) is 0 Å². The third-order valence-electron chi connectivity index (χ3n) is 5.63. The van der Waals surface area contributed by atoms with Crippen LogP contribution in [0, 0.1) is 0 Å². The Morgan fingerprint density at radius 3 is 2.21 bits per heavy atom. The van der Waals surface area contributed by atoms with Gasteiger partial charge in [0.05, 0.1) is 17.8 Å². The number of allylic oxidation sites excluding steroid dienone is 2. The van der Waals surface area contributed by atoms with E-state index in [-0.39, 0.29) is 5.75 Å². The van der Waals surface area contributed by atoms with Crippen molar-refractivity contribution in [1.29, 1.82) is 0 Å². The molecule has 0 spiro atoms. The van der Waals surface area contributed by atoms with E-state index in [1.165, 1.54) is 11.6 Å². The van der Waals surface area contributed by atoms with E-state index in [2.05, 4.69) is 47.6 Å². The number of hydrogen-bond donors (Lipinski definition) is 1. The fourth-order valence-corrected chi connectivity index (χ4v) is 6.74. The topological polar surface area (TPSA) is 55.8 Å². The Morgan fingerprint density at radius 1 is 1.14 bits per heavy atom. The SMILES string of the molecule is CCOC(=O)c1ccc([C@](C)(CCC=C(C)C)O[Si](CC)(CC)CC)c(O)c1. The number of esters is 1. The molecule has 0 saturated carbocycles. The van der Waals surface area contributed by atoms with Crippen LogP contribution in [0.4, 0.5) is 0 Å². The van der Waals surface area contributed by atoms with Crippen molar-refractivity contribution in [3.8, 4) is 5.75 Å². The second-order valence-electron chi connectivity index (χ2n) is 7.85. The minimum Gasteiger partial charge on any atom is -0.508 e. The molecule has 0 aliphatic heterocycles. The van der Waals surface area contributed by atoms with Crippen LogP contribution in [-0.2, 0) is 14.8 Å². The van der Waals surface area contributed by atoms with Crippen LogP contribution in [0.2, 0.25) is 18.1 Å². The fourth-order valence-electron chi connectivity index (χ4n) is 3.64. The van der Waals surface area contributed by atoms with Crippen molar-refractivity contribution in [3.05, 3.63) is 41.0 Å². The summed E-state index contributed by atoms with van der Waals surface area (Å²) in [7, 11) is -1.91. The first-order valence-corrected chi connectivity index (χ1v) is 13.0. The van der Waals surface area contributed by atoms with E-state index in [1.807, 2.05) is 6.07 Å². The van der Waals surface area contributed by atoms with Crippen LogP contribution in [0.1, 0.15) is 77.2 Å². The van der Waals surface area contributed by atoms with Crippen LogP contribution in [-0.4, -0.2) is 26.0 Å². The first-order valence-electron chi connectivity index (χ1n) is 10.5. The lowest BCUT2D eigenvalue weighted by atomic mass is 9.89. The third kappa shape index (κ3) is 6.21. The molecule has 1 rings (SSSR count). The summed E-state index contributed by atoms with van der Waals surface area (Å²) in [6.07, 6.45) is 3.86. The Morgan fingerprint density at radius 2 is 1.75 bits per heavy atom. The summed E-state index contributed by atoms with van der Waals surface area (Å²) in [6, 6.07) is 8.18. The highest BCUT2D eigenvalue weighted by molar-refractivity contribution is 6.73. The second-order valence-corrected chi connectivity index (χ2v) is 12.5. The van der Waals surface area contributed by atoms with E-state index in [9.17, 15) is 9.90 Å². The van der Waals surface area contributed by atoms with E-state index in [0.717, 1.165) is 36.5 Å².